The van der Waals surface area contributed by atoms with Crippen molar-refractivity contribution in [1.82, 2.24) is 9.88 Å². The van der Waals surface area contributed by atoms with Crippen LogP contribution in [0.3, 0.4) is 0 Å². The van der Waals surface area contributed by atoms with Crippen molar-refractivity contribution < 1.29 is 4.79 Å². The zero-order valence-corrected chi connectivity index (χ0v) is 11.9. The first-order chi connectivity index (χ1) is 8.39. The van der Waals surface area contributed by atoms with Crippen LogP contribution in [0.2, 0.25) is 5.02 Å². The van der Waals surface area contributed by atoms with Gasteiger partial charge in [0.15, 0.2) is 0 Å². The largest absolute Gasteiger partial charge is 0.338 e. The summed E-state index contributed by atoms with van der Waals surface area (Å²) in [5.74, 6) is 0.000255. The minimum absolute atomic E-state index is 0.000255. The molecular formula is C14H19ClN2O. The summed E-state index contributed by atoms with van der Waals surface area (Å²) in [7, 11) is 0. The van der Waals surface area contributed by atoms with E-state index in [4.69, 9.17) is 11.6 Å². The number of halogens is 1. The van der Waals surface area contributed by atoms with Crippen molar-refractivity contribution in [3.05, 3.63) is 28.5 Å². The molecule has 18 heavy (non-hydrogen) atoms. The van der Waals surface area contributed by atoms with Crippen LogP contribution in [0.5, 0.6) is 0 Å². The second-order valence-electron chi connectivity index (χ2n) is 5.80. The van der Waals surface area contributed by atoms with E-state index in [0.29, 0.717) is 10.6 Å². The summed E-state index contributed by atoms with van der Waals surface area (Å²) in [4.78, 5) is 18.5. The summed E-state index contributed by atoms with van der Waals surface area (Å²) < 4.78 is 0. The van der Waals surface area contributed by atoms with Gasteiger partial charge in [-0.2, -0.15) is 0 Å². The number of carbonyl (C=O) groups excluding carboxylic acids is 1. The molecule has 1 saturated heterocycles. The van der Waals surface area contributed by atoms with Crippen LogP contribution < -0.4 is 0 Å². The average molecular weight is 267 g/mol. The predicted molar refractivity (Wildman–Crippen MR) is 72.9 cm³/mol. The quantitative estimate of drug-likeness (QED) is 0.781. The SMILES string of the molecule is Cc1cc(Cl)c(C(=O)N2CCCC(C)(C)C2)cn1. The van der Waals surface area contributed by atoms with Gasteiger partial charge in [0.05, 0.1) is 10.6 Å². The number of rotatable bonds is 1. The molecule has 4 heteroatoms. The van der Waals surface area contributed by atoms with Gasteiger partial charge in [-0.15, -0.1) is 0 Å². The Balaban J connectivity index is 2.20. The van der Waals surface area contributed by atoms with E-state index in [1.165, 1.54) is 0 Å². The first-order valence-electron chi connectivity index (χ1n) is 6.30. The molecule has 0 aromatic carbocycles. The first-order valence-corrected chi connectivity index (χ1v) is 6.68. The molecule has 0 atom stereocenters. The molecule has 1 aromatic heterocycles. The van der Waals surface area contributed by atoms with Crippen LogP contribution in [0.4, 0.5) is 0 Å². The maximum atomic E-state index is 12.4. The van der Waals surface area contributed by atoms with Crippen molar-refractivity contribution in [3.8, 4) is 0 Å². The summed E-state index contributed by atoms with van der Waals surface area (Å²) in [5.41, 5.74) is 1.54. The summed E-state index contributed by atoms with van der Waals surface area (Å²) in [6.45, 7) is 7.86. The van der Waals surface area contributed by atoms with Crippen LogP contribution in [0.25, 0.3) is 0 Å². The van der Waals surface area contributed by atoms with E-state index in [0.717, 1.165) is 31.6 Å². The van der Waals surface area contributed by atoms with Gasteiger partial charge in [0.25, 0.3) is 5.91 Å². The Hall–Kier alpha value is -1.09. The van der Waals surface area contributed by atoms with Crippen molar-refractivity contribution in [3.63, 3.8) is 0 Å². The molecule has 1 fully saturated rings. The van der Waals surface area contributed by atoms with Crippen LogP contribution in [0.1, 0.15) is 42.7 Å². The molecule has 0 aliphatic carbocycles. The first kappa shape index (κ1) is 13.3. The maximum absolute atomic E-state index is 12.4. The zero-order chi connectivity index (χ0) is 13.3. The summed E-state index contributed by atoms with van der Waals surface area (Å²) in [5, 5.41) is 0.496. The van der Waals surface area contributed by atoms with Gasteiger partial charge in [-0.1, -0.05) is 25.4 Å². The number of piperidine rings is 1. The highest BCUT2D eigenvalue weighted by Crippen LogP contribution is 2.30. The van der Waals surface area contributed by atoms with E-state index in [1.807, 2.05) is 11.8 Å². The Morgan fingerprint density at radius 2 is 2.22 bits per heavy atom. The van der Waals surface area contributed by atoms with E-state index in [2.05, 4.69) is 18.8 Å². The molecule has 0 unspecified atom stereocenters. The maximum Gasteiger partial charge on any atom is 0.256 e. The third-order valence-corrected chi connectivity index (χ3v) is 3.72. The monoisotopic (exact) mass is 266 g/mol. The zero-order valence-electron chi connectivity index (χ0n) is 11.2. The van der Waals surface area contributed by atoms with Crippen LogP contribution >= 0.6 is 11.6 Å². The van der Waals surface area contributed by atoms with E-state index < -0.39 is 0 Å². The van der Waals surface area contributed by atoms with Crippen LogP contribution in [-0.2, 0) is 0 Å². The third kappa shape index (κ3) is 2.83. The van der Waals surface area contributed by atoms with Crippen molar-refractivity contribution in [2.24, 2.45) is 5.41 Å². The van der Waals surface area contributed by atoms with Crippen molar-refractivity contribution in [2.75, 3.05) is 13.1 Å². The number of carbonyl (C=O) groups is 1. The Labute approximate surface area is 113 Å². The molecule has 0 spiro atoms. The second-order valence-corrected chi connectivity index (χ2v) is 6.21. The van der Waals surface area contributed by atoms with Crippen LogP contribution in [-0.4, -0.2) is 28.9 Å². The van der Waals surface area contributed by atoms with Crippen molar-refractivity contribution >= 4 is 17.5 Å². The average Bonchev–Trinajstić information content (AvgIpc) is 2.27. The number of hydrogen-bond donors (Lipinski definition) is 0. The fourth-order valence-electron chi connectivity index (χ4n) is 2.45. The number of aryl methyl sites for hydroxylation is 1. The number of likely N-dealkylation sites (tertiary alicyclic amines) is 1. The standard InChI is InChI=1S/C14H19ClN2O/c1-10-7-12(15)11(8-16-10)13(18)17-6-4-5-14(2,3)9-17/h7-8H,4-6,9H2,1-3H3. The molecule has 1 aliphatic rings. The van der Waals surface area contributed by atoms with E-state index in [1.54, 1.807) is 12.3 Å². The molecule has 98 valence electrons. The minimum atomic E-state index is 0.000255. The fourth-order valence-corrected chi connectivity index (χ4v) is 2.74. The van der Waals surface area contributed by atoms with Gasteiger partial charge in [0.2, 0.25) is 0 Å². The highest BCUT2D eigenvalue weighted by Gasteiger charge is 2.30. The lowest BCUT2D eigenvalue weighted by Crippen LogP contribution is -2.43. The molecule has 2 heterocycles. The molecule has 0 saturated carbocycles. The summed E-state index contributed by atoms with van der Waals surface area (Å²) in [6, 6.07) is 1.74. The number of pyridine rings is 1. The smallest absolute Gasteiger partial charge is 0.256 e. The normalized spacial score (nSPS) is 18.8. The van der Waals surface area contributed by atoms with Gasteiger partial charge in [-0.25, -0.2) is 0 Å². The summed E-state index contributed by atoms with van der Waals surface area (Å²) >= 11 is 6.13. The second kappa shape index (κ2) is 4.88. The highest BCUT2D eigenvalue weighted by atomic mass is 35.5. The van der Waals surface area contributed by atoms with Crippen molar-refractivity contribution in [1.29, 1.82) is 0 Å². The molecule has 1 amide bonds. The van der Waals surface area contributed by atoms with Gasteiger partial charge < -0.3 is 4.90 Å². The minimum Gasteiger partial charge on any atom is -0.338 e. The molecular weight excluding hydrogens is 248 g/mol. The third-order valence-electron chi connectivity index (χ3n) is 3.41. The number of nitrogens with zero attached hydrogens (tertiary/aromatic N) is 2. The lowest BCUT2D eigenvalue weighted by atomic mass is 9.84. The molecule has 2 rings (SSSR count). The van der Waals surface area contributed by atoms with E-state index >= 15 is 0 Å². The molecule has 1 aliphatic heterocycles. The van der Waals surface area contributed by atoms with Gasteiger partial charge in [0, 0.05) is 25.0 Å². The summed E-state index contributed by atoms with van der Waals surface area (Å²) in [6.07, 6.45) is 3.80. The predicted octanol–water partition coefficient (Wildman–Crippen LogP) is 3.31. The van der Waals surface area contributed by atoms with Crippen LogP contribution in [0.15, 0.2) is 12.3 Å². The molecule has 1 aromatic rings. The van der Waals surface area contributed by atoms with Crippen molar-refractivity contribution in [2.45, 2.75) is 33.6 Å². The number of amides is 1. The van der Waals surface area contributed by atoms with Gasteiger partial charge in [0.1, 0.15) is 0 Å². The lowest BCUT2D eigenvalue weighted by Gasteiger charge is -2.38. The van der Waals surface area contributed by atoms with E-state index in [-0.39, 0.29) is 11.3 Å². The number of hydrogen-bond acceptors (Lipinski definition) is 2. The molecule has 0 radical (unpaired) electrons. The lowest BCUT2D eigenvalue weighted by molar-refractivity contribution is 0.0583. The van der Waals surface area contributed by atoms with Gasteiger partial charge >= 0.3 is 0 Å². The molecule has 3 nitrogen and oxygen atoms in total. The Morgan fingerprint density at radius 1 is 1.50 bits per heavy atom. The molecule has 0 N–H and O–H groups in total. The van der Waals surface area contributed by atoms with Gasteiger partial charge in [-0.3, -0.25) is 9.78 Å². The van der Waals surface area contributed by atoms with Gasteiger partial charge in [-0.05, 0) is 31.2 Å². The Morgan fingerprint density at radius 3 is 2.83 bits per heavy atom. The Bertz CT molecular complexity index is 471. The topological polar surface area (TPSA) is 33.2 Å². The number of aromatic nitrogens is 1. The Kier molecular flexibility index (Phi) is 3.62. The highest BCUT2D eigenvalue weighted by molar-refractivity contribution is 6.33. The van der Waals surface area contributed by atoms with Crippen LogP contribution in [0, 0.1) is 12.3 Å². The fraction of sp³-hybridized carbons (Fsp3) is 0.571. The molecule has 0 bridgehead atoms. The van der Waals surface area contributed by atoms with E-state index in [9.17, 15) is 4.79 Å².